The first-order chi connectivity index (χ1) is 11.2. The van der Waals surface area contributed by atoms with Crippen LogP contribution in [-0.2, 0) is 0 Å². The number of ether oxygens (including phenoxy) is 1. The molecule has 2 rings (SSSR count). The van der Waals surface area contributed by atoms with E-state index < -0.39 is 6.10 Å². The first-order valence-electron chi connectivity index (χ1n) is 7.47. The van der Waals surface area contributed by atoms with Crippen LogP contribution in [0, 0.1) is 0 Å². The van der Waals surface area contributed by atoms with Crippen molar-refractivity contribution in [3.63, 3.8) is 0 Å². The zero-order valence-electron chi connectivity index (χ0n) is 13.3. The van der Waals surface area contributed by atoms with Gasteiger partial charge < -0.3 is 15.2 Å². The summed E-state index contributed by atoms with van der Waals surface area (Å²) in [6, 6.07) is 14.7. The van der Waals surface area contributed by atoms with Crippen LogP contribution in [0.5, 0.6) is 5.75 Å². The zero-order valence-corrected chi connectivity index (χ0v) is 14.1. The molecule has 0 bridgehead atoms. The number of carbonyl (C=O) groups excluding carboxylic acids is 1. The normalized spacial score (nSPS) is 11.8. The average molecular weight is 331 g/mol. The van der Waals surface area contributed by atoms with Gasteiger partial charge in [0.05, 0.1) is 18.3 Å². The van der Waals surface area contributed by atoms with Crippen LogP contribution in [0.3, 0.4) is 0 Å². The van der Waals surface area contributed by atoms with Crippen LogP contribution >= 0.6 is 11.8 Å². The maximum absolute atomic E-state index is 12.3. The molecular formula is C18H21NO3S. The molecule has 0 saturated carbocycles. The lowest BCUT2D eigenvalue weighted by molar-refractivity contribution is 0.0912. The molecule has 0 radical (unpaired) electrons. The van der Waals surface area contributed by atoms with Gasteiger partial charge in [-0.15, -0.1) is 11.8 Å². The number of amides is 1. The smallest absolute Gasteiger partial charge is 0.255 e. The van der Waals surface area contributed by atoms with Crippen molar-refractivity contribution in [1.29, 1.82) is 0 Å². The molecule has 5 heteroatoms. The third kappa shape index (κ3) is 4.74. The number of thioether (sulfide) groups is 1. The summed E-state index contributed by atoms with van der Waals surface area (Å²) in [5, 5.41) is 13.0. The Morgan fingerprint density at radius 1 is 1.22 bits per heavy atom. The Hall–Kier alpha value is -1.98. The van der Waals surface area contributed by atoms with Crippen molar-refractivity contribution in [3.8, 4) is 5.75 Å². The highest BCUT2D eigenvalue weighted by Gasteiger charge is 2.14. The highest BCUT2D eigenvalue weighted by Crippen LogP contribution is 2.20. The molecule has 2 N–H and O–H groups in total. The van der Waals surface area contributed by atoms with E-state index in [2.05, 4.69) is 5.32 Å². The lowest BCUT2D eigenvalue weighted by atomic mass is 10.1. The van der Waals surface area contributed by atoms with E-state index in [1.807, 2.05) is 43.5 Å². The highest BCUT2D eigenvalue weighted by molar-refractivity contribution is 7.98. The molecule has 0 aliphatic heterocycles. The lowest BCUT2D eigenvalue weighted by Gasteiger charge is -2.14. The molecule has 0 aliphatic carbocycles. The third-order valence-electron chi connectivity index (χ3n) is 3.39. The molecule has 0 aromatic heterocycles. The van der Waals surface area contributed by atoms with Gasteiger partial charge in [-0.3, -0.25) is 4.79 Å². The van der Waals surface area contributed by atoms with E-state index >= 15 is 0 Å². The van der Waals surface area contributed by atoms with E-state index in [9.17, 15) is 9.90 Å². The minimum Gasteiger partial charge on any atom is -0.493 e. The van der Waals surface area contributed by atoms with E-state index in [0.717, 1.165) is 10.5 Å². The minimum absolute atomic E-state index is 0.151. The Balaban J connectivity index is 1.98. The molecule has 2 aromatic rings. The van der Waals surface area contributed by atoms with Crippen molar-refractivity contribution in [3.05, 3.63) is 59.7 Å². The number of aliphatic hydroxyl groups is 1. The number of para-hydroxylation sites is 1. The van der Waals surface area contributed by atoms with Crippen molar-refractivity contribution in [1.82, 2.24) is 5.32 Å². The largest absolute Gasteiger partial charge is 0.493 e. The highest BCUT2D eigenvalue weighted by atomic mass is 32.2. The molecule has 2 aromatic carbocycles. The van der Waals surface area contributed by atoms with Crippen molar-refractivity contribution in [2.45, 2.75) is 17.9 Å². The van der Waals surface area contributed by atoms with Crippen LogP contribution in [-0.4, -0.2) is 30.4 Å². The quantitative estimate of drug-likeness (QED) is 0.765. The maximum Gasteiger partial charge on any atom is 0.255 e. The van der Waals surface area contributed by atoms with Crippen LogP contribution in [0.4, 0.5) is 0 Å². The summed E-state index contributed by atoms with van der Waals surface area (Å²) >= 11 is 1.65. The van der Waals surface area contributed by atoms with Gasteiger partial charge in [0.25, 0.3) is 5.91 Å². The number of nitrogens with one attached hydrogen (secondary N) is 1. The van der Waals surface area contributed by atoms with Crippen LogP contribution in [0.15, 0.2) is 53.4 Å². The molecule has 122 valence electrons. The number of aliphatic hydroxyl groups excluding tert-OH is 1. The Labute approximate surface area is 140 Å². The van der Waals surface area contributed by atoms with Gasteiger partial charge in [0.2, 0.25) is 0 Å². The molecule has 0 saturated heterocycles. The minimum atomic E-state index is -0.742. The predicted octanol–water partition coefficient (Wildman–Crippen LogP) is 3.27. The van der Waals surface area contributed by atoms with Crippen molar-refractivity contribution in [2.24, 2.45) is 0 Å². The topological polar surface area (TPSA) is 58.6 Å². The van der Waals surface area contributed by atoms with Crippen LogP contribution < -0.4 is 10.1 Å². The lowest BCUT2D eigenvalue weighted by Crippen LogP contribution is -2.28. The Kier molecular flexibility index (Phi) is 6.50. The standard InChI is InChI=1S/C18H21NO3S/c1-3-22-17-7-5-4-6-15(17)18(21)19-12-16(20)13-8-10-14(23-2)11-9-13/h4-11,16,20H,3,12H2,1-2H3,(H,19,21). The monoisotopic (exact) mass is 331 g/mol. The van der Waals surface area contributed by atoms with Gasteiger partial charge >= 0.3 is 0 Å². The second-order valence-corrected chi connectivity index (χ2v) is 5.81. The number of rotatable bonds is 7. The third-order valence-corrected chi connectivity index (χ3v) is 4.13. The number of hydrogen-bond donors (Lipinski definition) is 2. The Morgan fingerprint density at radius 2 is 1.91 bits per heavy atom. The second-order valence-electron chi connectivity index (χ2n) is 4.93. The molecule has 1 atom stereocenters. The van der Waals surface area contributed by atoms with Crippen LogP contribution in [0.25, 0.3) is 0 Å². The van der Waals surface area contributed by atoms with Gasteiger partial charge in [-0.25, -0.2) is 0 Å². The van der Waals surface area contributed by atoms with Crippen molar-refractivity contribution < 1.29 is 14.6 Å². The van der Waals surface area contributed by atoms with Gasteiger partial charge in [0.1, 0.15) is 5.75 Å². The molecule has 0 spiro atoms. The van der Waals surface area contributed by atoms with Crippen molar-refractivity contribution in [2.75, 3.05) is 19.4 Å². The number of benzene rings is 2. The first kappa shape index (κ1) is 17.4. The summed E-state index contributed by atoms with van der Waals surface area (Å²) < 4.78 is 5.45. The van der Waals surface area contributed by atoms with Gasteiger partial charge in [0, 0.05) is 11.4 Å². The summed E-state index contributed by atoms with van der Waals surface area (Å²) in [6.45, 7) is 2.52. The fourth-order valence-electron chi connectivity index (χ4n) is 2.16. The molecule has 0 fully saturated rings. The van der Waals surface area contributed by atoms with Crippen LogP contribution in [0.1, 0.15) is 28.9 Å². The predicted molar refractivity (Wildman–Crippen MR) is 93.1 cm³/mol. The van der Waals surface area contributed by atoms with E-state index in [1.165, 1.54) is 0 Å². The molecule has 1 unspecified atom stereocenters. The summed E-state index contributed by atoms with van der Waals surface area (Å²) in [6.07, 6.45) is 1.26. The average Bonchev–Trinajstić information content (AvgIpc) is 2.60. The van der Waals surface area contributed by atoms with Crippen LogP contribution in [0.2, 0.25) is 0 Å². The summed E-state index contributed by atoms with van der Waals surface area (Å²) in [5.41, 5.74) is 1.25. The number of hydrogen-bond acceptors (Lipinski definition) is 4. The van der Waals surface area contributed by atoms with Gasteiger partial charge in [-0.05, 0) is 43.0 Å². The van der Waals surface area contributed by atoms with E-state index in [0.29, 0.717) is 17.9 Å². The molecule has 23 heavy (non-hydrogen) atoms. The zero-order chi connectivity index (χ0) is 16.7. The maximum atomic E-state index is 12.3. The van der Waals surface area contributed by atoms with E-state index in [-0.39, 0.29) is 12.5 Å². The van der Waals surface area contributed by atoms with Gasteiger partial charge in [-0.1, -0.05) is 24.3 Å². The molecular weight excluding hydrogens is 310 g/mol. The summed E-state index contributed by atoms with van der Waals surface area (Å²) in [7, 11) is 0. The van der Waals surface area contributed by atoms with Gasteiger partial charge in [0.15, 0.2) is 0 Å². The van der Waals surface area contributed by atoms with E-state index in [4.69, 9.17) is 4.74 Å². The summed E-state index contributed by atoms with van der Waals surface area (Å²) in [5.74, 6) is 0.292. The molecule has 0 heterocycles. The molecule has 1 amide bonds. The van der Waals surface area contributed by atoms with E-state index in [1.54, 1.807) is 30.0 Å². The number of carbonyl (C=O) groups is 1. The molecule has 0 aliphatic rings. The second kappa shape index (κ2) is 8.60. The molecule has 4 nitrogen and oxygen atoms in total. The fourth-order valence-corrected chi connectivity index (χ4v) is 2.57. The fraction of sp³-hybridized carbons (Fsp3) is 0.278. The Bertz CT molecular complexity index is 643. The Morgan fingerprint density at radius 3 is 2.57 bits per heavy atom. The first-order valence-corrected chi connectivity index (χ1v) is 8.70. The van der Waals surface area contributed by atoms with Gasteiger partial charge in [-0.2, -0.15) is 0 Å². The van der Waals surface area contributed by atoms with Crippen molar-refractivity contribution >= 4 is 17.7 Å². The SMILES string of the molecule is CCOc1ccccc1C(=O)NCC(O)c1ccc(SC)cc1. The summed E-state index contributed by atoms with van der Waals surface area (Å²) in [4.78, 5) is 13.4.